The third-order valence-electron chi connectivity index (χ3n) is 4.67. The molecule has 0 radical (unpaired) electrons. The van der Waals surface area contributed by atoms with Crippen molar-refractivity contribution in [2.24, 2.45) is 0 Å². The van der Waals surface area contributed by atoms with E-state index in [2.05, 4.69) is 49.3 Å². The zero-order valence-electron chi connectivity index (χ0n) is 16.6. The van der Waals surface area contributed by atoms with Gasteiger partial charge in [0.15, 0.2) is 0 Å². The lowest BCUT2D eigenvalue weighted by atomic mass is 10.1. The topological polar surface area (TPSA) is 59.4 Å². The Morgan fingerprint density at radius 1 is 1.07 bits per heavy atom. The summed E-state index contributed by atoms with van der Waals surface area (Å²) in [5.41, 5.74) is 3.88. The number of rotatable bonds is 7. The van der Waals surface area contributed by atoms with Gasteiger partial charge in [-0.25, -0.2) is 4.79 Å². The summed E-state index contributed by atoms with van der Waals surface area (Å²) in [4.78, 5) is 16.4. The van der Waals surface area contributed by atoms with Crippen LogP contribution in [-0.2, 0) is 19.6 Å². The Bertz CT molecular complexity index is 810. The predicted octanol–water partition coefficient (Wildman–Crippen LogP) is 3.74. The second-order valence-electron chi connectivity index (χ2n) is 7.10. The van der Waals surface area contributed by atoms with Crippen LogP contribution in [0.2, 0.25) is 0 Å². The molecule has 0 atom stereocenters. The molecule has 2 aromatic carbocycles. The summed E-state index contributed by atoms with van der Waals surface area (Å²) in [5, 5.41) is 12.0. The molecular formula is C22H28N4O. The molecule has 0 saturated heterocycles. The highest BCUT2D eigenvalue weighted by Gasteiger charge is 2.12. The van der Waals surface area contributed by atoms with E-state index in [4.69, 9.17) is 5.26 Å². The van der Waals surface area contributed by atoms with Crippen molar-refractivity contribution >= 4 is 6.03 Å². The number of carbonyl (C=O) groups excluding carboxylic acids is 1. The molecule has 5 heteroatoms. The lowest BCUT2D eigenvalue weighted by Crippen LogP contribution is -2.36. The fourth-order valence-corrected chi connectivity index (χ4v) is 2.73. The average Bonchev–Trinajstić information content (AvgIpc) is 2.67. The highest BCUT2D eigenvalue weighted by Crippen LogP contribution is 2.13. The molecule has 0 aromatic heterocycles. The van der Waals surface area contributed by atoms with Crippen LogP contribution in [-0.4, -0.2) is 36.0 Å². The van der Waals surface area contributed by atoms with Crippen molar-refractivity contribution in [3.05, 3.63) is 70.8 Å². The quantitative estimate of drug-likeness (QED) is 0.814. The molecule has 142 valence electrons. The highest BCUT2D eigenvalue weighted by atomic mass is 16.2. The van der Waals surface area contributed by atoms with Crippen LogP contribution in [0.15, 0.2) is 48.5 Å². The maximum absolute atomic E-state index is 12.5. The van der Waals surface area contributed by atoms with Crippen LogP contribution in [0, 0.1) is 11.3 Å². The van der Waals surface area contributed by atoms with Gasteiger partial charge in [0.2, 0.25) is 0 Å². The Balaban J connectivity index is 1.96. The first kappa shape index (κ1) is 20.5. The highest BCUT2D eigenvalue weighted by molar-refractivity contribution is 5.73. The summed E-state index contributed by atoms with van der Waals surface area (Å²) in [6, 6.07) is 18.0. The van der Waals surface area contributed by atoms with E-state index in [0.29, 0.717) is 24.7 Å². The van der Waals surface area contributed by atoms with Crippen LogP contribution < -0.4 is 5.32 Å². The van der Waals surface area contributed by atoms with Crippen LogP contribution in [0.1, 0.15) is 36.1 Å². The first-order valence-electron chi connectivity index (χ1n) is 9.15. The van der Waals surface area contributed by atoms with Gasteiger partial charge >= 0.3 is 6.03 Å². The molecule has 0 bridgehead atoms. The predicted molar refractivity (Wildman–Crippen MR) is 108 cm³/mol. The van der Waals surface area contributed by atoms with Crippen molar-refractivity contribution in [3.63, 3.8) is 0 Å². The molecular weight excluding hydrogens is 336 g/mol. The monoisotopic (exact) mass is 364 g/mol. The molecule has 0 aliphatic heterocycles. The SMILES string of the molecule is CC(C)N(C)Cc1ccccc1CNC(=O)N(C)Cc1cccc(C#N)c1. The molecule has 2 amide bonds. The number of hydrogen-bond donors (Lipinski definition) is 1. The van der Waals surface area contributed by atoms with E-state index >= 15 is 0 Å². The smallest absolute Gasteiger partial charge is 0.317 e. The molecule has 0 spiro atoms. The number of nitrogens with zero attached hydrogens (tertiary/aromatic N) is 3. The standard InChI is InChI=1S/C22H28N4O/c1-17(2)25(3)16-21-11-6-5-10-20(21)14-24-22(27)26(4)15-19-9-7-8-18(12-19)13-23/h5-12,17H,14-16H2,1-4H3,(H,24,27). The van der Waals surface area contributed by atoms with Crippen molar-refractivity contribution in [1.29, 1.82) is 5.26 Å². The van der Waals surface area contributed by atoms with Gasteiger partial charge in [0, 0.05) is 32.7 Å². The Hall–Kier alpha value is -2.84. The van der Waals surface area contributed by atoms with Crippen molar-refractivity contribution in [1.82, 2.24) is 15.1 Å². The maximum Gasteiger partial charge on any atom is 0.317 e. The lowest BCUT2D eigenvalue weighted by Gasteiger charge is -2.23. The number of hydrogen-bond acceptors (Lipinski definition) is 3. The Morgan fingerprint density at radius 3 is 2.44 bits per heavy atom. The van der Waals surface area contributed by atoms with Crippen molar-refractivity contribution in [2.75, 3.05) is 14.1 Å². The molecule has 27 heavy (non-hydrogen) atoms. The van der Waals surface area contributed by atoms with E-state index in [1.165, 1.54) is 5.56 Å². The maximum atomic E-state index is 12.5. The van der Waals surface area contributed by atoms with Crippen LogP contribution in [0.4, 0.5) is 4.79 Å². The Kier molecular flexibility index (Phi) is 7.39. The number of carbonyl (C=O) groups is 1. The molecule has 5 nitrogen and oxygen atoms in total. The van der Waals surface area contributed by atoms with Gasteiger partial charge in [0.05, 0.1) is 11.6 Å². The van der Waals surface area contributed by atoms with Crippen LogP contribution in [0.25, 0.3) is 0 Å². The number of amides is 2. The second-order valence-corrected chi connectivity index (χ2v) is 7.10. The molecule has 0 aliphatic rings. The summed E-state index contributed by atoms with van der Waals surface area (Å²) < 4.78 is 0. The minimum Gasteiger partial charge on any atom is -0.334 e. The molecule has 0 unspecified atom stereocenters. The van der Waals surface area contributed by atoms with Crippen molar-refractivity contribution in [2.45, 2.75) is 39.5 Å². The first-order chi connectivity index (χ1) is 12.9. The zero-order valence-corrected chi connectivity index (χ0v) is 16.6. The summed E-state index contributed by atoms with van der Waals surface area (Å²) in [6.45, 7) is 6.13. The molecule has 0 heterocycles. The zero-order chi connectivity index (χ0) is 19.8. The van der Waals surface area contributed by atoms with Crippen LogP contribution >= 0.6 is 0 Å². The van der Waals surface area contributed by atoms with Crippen LogP contribution in [0.3, 0.4) is 0 Å². The van der Waals surface area contributed by atoms with Gasteiger partial charge in [-0.15, -0.1) is 0 Å². The number of nitrogens with one attached hydrogen (secondary N) is 1. The molecule has 0 fully saturated rings. The van der Waals surface area contributed by atoms with E-state index in [1.807, 2.05) is 24.3 Å². The van der Waals surface area contributed by atoms with Crippen molar-refractivity contribution < 1.29 is 4.79 Å². The summed E-state index contributed by atoms with van der Waals surface area (Å²) in [5.74, 6) is 0. The molecule has 2 rings (SSSR count). The molecule has 0 saturated carbocycles. The fraction of sp³-hybridized carbons (Fsp3) is 0.364. The number of nitriles is 1. The van der Waals surface area contributed by atoms with Gasteiger partial charge in [-0.2, -0.15) is 5.26 Å². The van der Waals surface area contributed by atoms with Crippen LogP contribution in [0.5, 0.6) is 0 Å². The van der Waals surface area contributed by atoms with E-state index in [1.54, 1.807) is 24.1 Å². The first-order valence-corrected chi connectivity index (χ1v) is 9.15. The minimum atomic E-state index is -0.135. The van der Waals surface area contributed by atoms with E-state index in [-0.39, 0.29) is 6.03 Å². The van der Waals surface area contributed by atoms with E-state index in [0.717, 1.165) is 17.7 Å². The van der Waals surface area contributed by atoms with Gasteiger partial charge in [0.1, 0.15) is 0 Å². The van der Waals surface area contributed by atoms with E-state index < -0.39 is 0 Å². The Labute approximate surface area is 162 Å². The summed E-state index contributed by atoms with van der Waals surface area (Å²) in [7, 11) is 3.86. The summed E-state index contributed by atoms with van der Waals surface area (Å²) >= 11 is 0. The third-order valence-corrected chi connectivity index (χ3v) is 4.67. The van der Waals surface area contributed by atoms with E-state index in [9.17, 15) is 4.79 Å². The molecule has 1 N–H and O–H groups in total. The summed E-state index contributed by atoms with van der Waals surface area (Å²) in [6.07, 6.45) is 0. The molecule has 2 aromatic rings. The Morgan fingerprint density at radius 2 is 1.78 bits per heavy atom. The largest absolute Gasteiger partial charge is 0.334 e. The molecule has 0 aliphatic carbocycles. The fourth-order valence-electron chi connectivity index (χ4n) is 2.73. The van der Waals surface area contributed by atoms with Gasteiger partial charge < -0.3 is 10.2 Å². The van der Waals surface area contributed by atoms with Gasteiger partial charge in [-0.1, -0.05) is 36.4 Å². The number of urea groups is 1. The average molecular weight is 364 g/mol. The van der Waals surface area contributed by atoms with Crippen molar-refractivity contribution in [3.8, 4) is 6.07 Å². The number of benzene rings is 2. The third kappa shape index (κ3) is 6.12. The van der Waals surface area contributed by atoms with Gasteiger partial charge in [-0.05, 0) is 49.7 Å². The minimum absolute atomic E-state index is 0.135. The lowest BCUT2D eigenvalue weighted by molar-refractivity contribution is 0.206. The normalized spacial score (nSPS) is 10.7. The van der Waals surface area contributed by atoms with Gasteiger partial charge in [0.25, 0.3) is 0 Å². The second kappa shape index (κ2) is 9.75. The van der Waals surface area contributed by atoms with Gasteiger partial charge in [-0.3, -0.25) is 4.90 Å².